The summed E-state index contributed by atoms with van der Waals surface area (Å²) >= 11 is 0. The molecule has 2 atom stereocenters. The van der Waals surface area contributed by atoms with E-state index in [0.717, 1.165) is 42.4 Å². The van der Waals surface area contributed by atoms with Crippen LogP contribution in [0.3, 0.4) is 0 Å². The maximum Gasteiger partial charge on any atom is 0.291 e. The van der Waals surface area contributed by atoms with Gasteiger partial charge in [0.15, 0.2) is 0 Å². The van der Waals surface area contributed by atoms with Gasteiger partial charge in [-0.1, -0.05) is 13.8 Å². The van der Waals surface area contributed by atoms with Crippen molar-refractivity contribution in [3.05, 3.63) is 72.4 Å². The zero-order valence-electron chi connectivity index (χ0n) is 27.6. The Balaban J connectivity index is 0.000000241. The number of quaternary nitrogens is 1. The number of fused-ring (bicyclic) bond motifs is 2. The fourth-order valence-corrected chi connectivity index (χ4v) is 8.61. The molecule has 1 aromatic heterocycles. The first-order valence-corrected chi connectivity index (χ1v) is 17.5. The van der Waals surface area contributed by atoms with Crippen LogP contribution in [0.5, 0.6) is 11.5 Å². The quantitative estimate of drug-likeness (QED) is 0.245. The number of halogens is 1. The first kappa shape index (κ1) is 34.6. The van der Waals surface area contributed by atoms with Crippen LogP contribution in [0.1, 0.15) is 56.6 Å². The van der Waals surface area contributed by atoms with Crippen molar-refractivity contribution in [2.24, 2.45) is 16.7 Å². The first-order valence-electron chi connectivity index (χ1n) is 15.9. The minimum atomic E-state index is -4.33. The molecule has 2 bridgehead atoms. The zero-order chi connectivity index (χ0) is 34.2. The van der Waals surface area contributed by atoms with Crippen LogP contribution in [0, 0.1) is 22.6 Å². The maximum absolute atomic E-state index is 13.0. The Hall–Kier alpha value is -3.74. The van der Waals surface area contributed by atoms with Crippen LogP contribution in [0.2, 0.25) is 0 Å². The van der Waals surface area contributed by atoms with Crippen LogP contribution in [0.4, 0.5) is 4.39 Å². The van der Waals surface area contributed by atoms with Crippen molar-refractivity contribution in [2.75, 3.05) is 40.0 Å². The van der Waals surface area contributed by atoms with Gasteiger partial charge in [-0.3, -0.25) is 9.59 Å². The lowest BCUT2D eigenvalue weighted by Crippen LogP contribution is -2.52. The highest BCUT2D eigenvalue weighted by Gasteiger charge is 2.64. The minimum absolute atomic E-state index is 0.0248. The van der Waals surface area contributed by atoms with E-state index in [0.29, 0.717) is 30.0 Å². The van der Waals surface area contributed by atoms with Crippen molar-refractivity contribution in [1.82, 2.24) is 14.9 Å². The Labute approximate surface area is 276 Å². The number of rotatable bonds is 7. The number of hydrogen-bond acceptors (Lipinski definition) is 8. The van der Waals surface area contributed by atoms with Crippen molar-refractivity contribution in [2.45, 2.75) is 52.0 Å². The monoisotopic (exact) mass is 666 g/mol. The van der Waals surface area contributed by atoms with Gasteiger partial charge in [-0.15, -0.1) is 0 Å². The average Bonchev–Trinajstić information content (AvgIpc) is 3.36. The summed E-state index contributed by atoms with van der Waals surface area (Å²) in [4.78, 5) is 35.4. The molecule has 252 valence electrons. The van der Waals surface area contributed by atoms with Crippen LogP contribution in [0.15, 0.2) is 60.8 Å². The molecule has 0 radical (unpaired) electrons. The summed E-state index contributed by atoms with van der Waals surface area (Å²) in [6, 6.07) is 15.2. The van der Waals surface area contributed by atoms with Crippen LogP contribution in [0.25, 0.3) is 11.3 Å². The van der Waals surface area contributed by atoms with Crippen LogP contribution >= 0.6 is 0 Å². The molecular weight excluding hydrogens is 623 g/mol. The molecule has 0 N–H and O–H groups in total. The van der Waals surface area contributed by atoms with E-state index in [1.54, 1.807) is 29.3 Å². The summed E-state index contributed by atoms with van der Waals surface area (Å²) in [7, 11) is 1.96. The summed E-state index contributed by atoms with van der Waals surface area (Å²) in [5.41, 5.74) is 0.304. The van der Waals surface area contributed by atoms with Gasteiger partial charge in [0.2, 0.25) is 5.82 Å². The predicted molar refractivity (Wildman–Crippen MR) is 174 cm³/mol. The van der Waals surface area contributed by atoms with Crippen molar-refractivity contribution in [3.8, 4) is 22.8 Å². The molecule has 0 spiro atoms. The largest absolute Gasteiger partial charge is 0.748 e. The molecule has 1 saturated heterocycles. The van der Waals surface area contributed by atoms with E-state index >= 15 is 0 Å². The van der Waals surface area contributed by atoms with Gasteiger partial charge < -0.3 is 18.7 Å². The van der Waals surface area contributed by atoms with Gasteiger partial charge >= 0.3 is 0 Å². The van der Waals surface area contributed by atoms with E-state index in [1.807, 2.05) is 45.2 Å². The highest BCUT2D eigenvalue weighted by atomic mass is 32.2. The van der Waals surface area contributed by atoms with Gasteiger partial charge in [0.25, 0.3) is 5.91 Å². The van der Waals surface area contributed by atoms with E-state index in [4.69, 9.17) is 4.74 Å². The Morgan fingerprint density at radius 1 is 1.02 bits per heavy atom. The first-order chi connectivity index (χ1) is 22.0. The molecule has 3 aliphatic rings. The Bertz CT molecular complexity index is 1720. The van der Waals surface area contributed by atoms with E-state index in [-0.39, 0.29) is 40.7 Å². The van der Waals surface area contributed by atoms with Crippen LogP contribution in [-0.2, 0) is 14.9 Å². The molecule has 2 unspecified atom stereocenters. The number of Topliss-reactive ketones (excluding diaryl/α,β-unsaturated/α-hetero) is 1. The number of carbonyl (C=O) groups is 2. The number of ether oxygens (including phenoxy) is 1. The third kappa shape index (κ3) is 7.55. The van der Waals surface area contributed by atoms with Crippen LogP contribution in [-0.4, -0.2) is 90.0 Å². The number of aromatic nitrogens is 2. The Morgan fingerprint density at radius 3 is 2.15 bits per heavy atom. The molecule has 3 aromatic rings. The lowest BCUT2D eigenvalue weighted by molar-refractivity contribution is -0.895. The molecule has 1 aliphatic heterocycles. The molecule has 1 amide bonds. The summed E-state index contributed by atoms with van der Waals surface area (Å²) in [5, 5.41) is 0. The van der Waals surface area contributed by atoms with E-state index in [9.17, 15) is 27.0 Å². The smallest absolute Gasteiger partial charge is 0.291 e. The number of hydrogen-bond donors (Lipinski definition) is 0. The number of carbonyl (C=O) groups excluding carboxylic acids is 2. The lowest BCUT2D eigenvalue weighted by Gasteiger charge is -2.40. The normalized spacial score (nSPS) is 23.1. The maximum atomic E-state index is 13.0. The number of likely N-dealkylation sites (tertiary alicyclic amines) is 1. The molecule has 10 nitrogen and oxygen atoms in total. The summed E-state index contributed by atoms with van der Waals surface area (Å²) in [5.74, 6) is 0.652. The molecule has 2 saturated carbocycles. The van der Waals surface area contributed by atoms with Gasteiger partial charge in [0.05, 0.1) is 48.7 Å². The molecule has 12 heteroatoms. The summed E-state index contributed by atoms with van der Waals surface area (Å²) < 4.78 is 52.5. The SMILES string of the molecule is CC1(C)C2CCC1(CS(=O)(=O)[O-])C(=O)C2.CN(C(=O)c1nccc(-c2ccc(Oc3ccc(F)cc3)cc2)n1)C1CC[N+](C)(C)CC1. The van der Waals surface area contributed by atoms with Gasteiger partial charge in [-0.2, -0.15) is 0 Å². The Morgan fingerprint density at radius 2 is 1.62 bits per heavy atom. The predicted octanol–water partition coefficient (Wildman–Crippen LogP) is 5.31. The molecular formula is C35H43FN4O6S. The van der Waals surface area contributed by atoms with E-state index in [2.05, 4.69) is 24.1 Å². The van der Waals surface area contributed by atoms with E-state index in [1.165, 1.54) is 12.1 Å². The number of amides is 1. The number of nitrogens with zero attached hydrogens (tertiary/aromatic N) is 4. The second-order valence-corrected chi connectivity index (χ2v) is 15.6. The summed E-state index contributed by atoms with van der Waals surface area (Å²) in [6.45, 7) is 5.94. The third-order valence-electron chi connectivity index (χ3n) is 10.6. The summed E-state index contributed by atoms with van der Waals surface area (Å²) in [6.07, 6.45) is 5.45. The second-order valence-electron chi connectivity index (χ2n) is 14.2. The number of benzene rings is 2. The highest BCUT2D eigenvalue weighted by Crippen LogP contribution is 2.64. The number of ketones is 1. The third-order valence-corrected chi connectivity index (χ3v) is 11.5. The van der Waals surface area contributed by atoms with Crippen molar-refractivity contribution < 1.29 is 36.2 Å². The van der Waals surface area contributed by atoms with Gasteiger partial charge in [0.1, 0.15) is 23.1 Å². The van der Waals surface area contributed by atoms with Gasteiger partial charge in [-0.25, -0.2) is 22.8 Å². The number of piperidine rings is 1. The molecule has 2 heterocycles. The highest BCUT2D eigenvalue weighted by molar-refractivity contribution is 7.85. The Kier molecular flexibility index (Phi) is 9.60. The standard InChI is InChI=1S/C25H28FN4O2.C10H16O4S/c1-29(20-13-16-30(2,3)17-14-20)25(31)24-27-15-12-23(28-24)18-4-8-21(9-5-18)32-22-10-6-19(26)7-11-22;1-9(2)7-3-4-10(9,8(11)5-7)6-15(12,13)14/h4-12,15,20H,13-14,16-17H2,1-3H3;7H,3-6H2,1-2H3,(H,12,13,14)/q+1;/p-1. The topological polar surface area (TPSA) is 130 Å². The molecule has 6 rings (SSSR count). The molecule has 2 aromatic carbocycles. The van der Waals surface area contributed by atoms with Gasteiger partial charge in [0, 0.05) is 49.5 Å². The molecule has 2 aliphatic carbocycles. The zero-order valence-corrected chi connectivity index (χ0v) is 28.4. The second kappa shape index (κ2) is 13.0. The minimum Gasteiger partial charge on any atom is -0.748 e. The fraction of sp³-hybridized carbons (Fsp3) is 0.486. The van der Waals surface area contributed by atoms with Gasteiger partial charge in [-0.05, 0) is 78.8 Å². The molecule has 3 fully saturated rings. The van der Waals surface area contributed by atoms with Crippen molar-refractivity contribution in [1.29, 1.82) is 0 Å². The lowest BCUT2D eigenvalue weighted by atomic mass is 9.70. The molecule has 47 heavy (non-hydrogen) atoms. The van der Waals surface area contributed by atoms with Crippen molar-refractivity contribution >= 4 is 21.8 Å². The van der Waals surface area contributed by atoms with E-state index < -0.39 is 21.3 Å². The van der Waals surface area contributed by atoms with Crippen LogP contribution < -0.4 is 4.74 Å². The van der Waals surface area contributed by atoms with Crippen molar-refractivity contribution in [3.63, 3.8) is 0 Å². The average molecular weight is 667 g/mol. The fourth-order valence-electron chi connectivity index (χ4n) is 7.33.